The molecule has 0 saturated carbocycles. The number of carbonyl (C=O) groups excluding carboxylic acids is 1. The van der Waals surface area contributed by atoms with Crippen LogP contribution >= 0.6 is 0 Å². The van der Waals surface area contributed by atoms with E-state index in [4.69, 9.17) is 4.74 Å². The largest absolute Gasteiger partial charge is 0.494 e. The molecule has 138 valence electrons. The molecule has 0 aliphatic carbocycles. The second-order valence-electron chi connectivity index (χ2n) is 6.65. The first-order chi connectivity index (χ1) is 12.6. The number of rotatable bonds is 6. The molecule has 0 N–H and O–H groups in total. The molecule has 1 amide bonds. The number of piperazine rings is 1. The van der Waals surface area contributed by atoms with Gasteiger partial charge in [-0.15, -0.1) is 0 Å². The highest BCUT2D eigenvalue weighted by Crippen LogP contribution is 2.15. The van der Waals surface area contributed by atoms with Crippen molar-refractivity contribution in [2.75, 3.05) is 37.7 Å². The van der Waals surface area contributed by atoms with Crippen LogP contribution in [0.1, 0.15) is 24.1 Å². The first-order valence-electron chi connectivity index (χ1n) is 9.12. The van der Waals surface area contributed by atoms with Crippen molar-refractivity contribution in [2.24, 2.45) is 0 Å². The molecule has 3 rings (SSSR count). The molecule has 1 aliphatic rings. The van der Waals surface area contributed by atoms with E-state index in [-0.39, 0.29) is 5.91 Å². The lowest BCUT2D eigenvalue weighted by Gasteiger charge is -2.35. The number of hydrogen-bond donors (Lipinski definition) is 0. The summed E-state index contributed by atoms with van der Waals surface area (Å²) in [6, 6.07) is 9.97. The Hall–Kier alpha value is -2.63. The molecule has 1 saturated heterocycles. The van der Waals surface area contributed by atoms with Gasteiger partial charge in [-0.3, -0.25) is 4.79 Å². The zero-order valence-corrected chi connectivity index (χ0v) is 15.5. The zero-order valence-electron chi connectivity index (χ0n) is 15.5. The van der Waals surface area contributed by atoms with Crippen LogP contribution in [0.5, 0.6) is 5.75 Å². The molecule has 6 heteroatoms. The van der Waals surface area contributed by atoms with E-state index in [0.717, 1.165) is 49.9 Å². The van der Waals surface area contributed by atoms with Crippen LogP contribution in [0.4, 0.5) is 5.82 Å². The Bertz CT molecular complexity index is 725. The lowest BCUT2D eigenvalue weighted by molar-refractivity contribution is -0.131. The van der Waals surface area contributed by atoms with Gasteiger partial charge in [0.25, 0.3) is 0 Å². The van der Waals surface area contributed by atoms with Gasteiger partial charge in [-0.05, 0) is 32.4 Å². The Labute approximate surface area is 154 Å². The van der Waals surface area contributed by atoms with Crippen LogP contribution in [0.2, 0.25) is 0 Å². The van der Waals surface area contributed by atoms with Crippen LogP contribution in [0.3, 0.4) is 0 Å². The van der Waals surface area contributed by atoms with Gasteiger partial charge in [0.2, 0.25) is 5.91 Å². The maximum atomic E-state index is 12.4. The Morgan fingerprint density at radius 2 is 1.81 bits per heavy atom. The van der Waals surface area contributed by atoms with Gasteiger partial charge in [0.05, 0.1) is 6.61 Å². The van der Waals surface area contributed by atoms with Crippen molar-refractivity contribution in [3.05, 3.63) is 47.9 Å². The van der Waals surface area contributed by atoms with Crippen LogP contribution in [0.15, 0.2) is 36.7 Å². The smallest absolute Gasteiger partial charge is 0.222 e. The molecule has 0 bridgehead atoms. The first kappa shape index (κ1) is 18.2. The van der Waals surface area contributed by atoms with Crippen molar-refractivity contribution < 1.29 is 9.53 Å². The molecule has 0 spiro atoms. The van der Waals surface area contributed by atoms with Gasteiger partial charge in [-0.2, -0.15) is 0 Å². The fourth-order valence-electron chi connectivity index (χ4n) is 3.00. The third kappa shape index (κ3) is 4.94. The highest BCUT2D eigenvalue weighted by atomic mass is 16.5. The maximum Gasteiger partial charge on any atom is 0.222 e. The monoisotopic (exact) mass is 354 g/mol. The minimum absolute atomic E-state index is 0.205. The molecular weight excluding hydrogens is 328 g/mol. The minimum atomic E-state index is 0.205. The van der Waals surface area contributed by atoms with Gasteiger partial charge < -0.3 is 14.5 Å². The molecule has 0 unspecified atom stereocenters. The molecule has 26 heavy (non-hydrogen) atoms. The number of carbonyl (C=O) groups is 1. The van der Waals surface area contributed by atoms with Gasteiger partial charge in [0, 0.05) is 44.4 Å². The van der Waals surface area contributed by atoms with Gasteiger partial charge in [-0.1, -0.05) is 17.7 Å². The summed E-state index contributed by atoms with van der Waals surface area (Å²) in [5.74, 6) is 2.00. The standard InChI is InChI=1S/C20H26N4O2/c1-16-5-7-18(8-6-16)26-13-3-4-20(25)24-11-9-23(10-12-24)19-14-17(2)21-15-22-19/h5-8,14-15H,3-4,9-13H2,1-2H3. The van der Waals surface area contributed by atoms with Crippen LogP contribution in [0.25, 0.3) is 0 Å². The lowest BCUT2D eigenvalue weighted by atomic mass is 10.2. The average molecular weight is 354 g/mol. The molecule has 2 aromatic rings. The highest BCUT2D eigenvalue weighted by Gasteiger charge is 2.21. The summed E-state index contributed by atoms with van der Waals surface area (Å²) in [4.78, 5) is 25.0. The third-order valence-corrected chi connectivity index (χ3v) is 4.57. The van der Waals surface area contributed by atoms with E-state index in [9.17, 15) is 4.79 Å². The van der Waals surface area contributed by atoms with Gasteiger partial charge >= 0.3 is 0 Å². The van der Waals surface area contributed by atoms with E-state index >= 15 is 0 Å². The fourth-order valence-corrected chi connectivity index (χ4v) is 3.00. The number of aryl methyl sites for hydroxylation is 2. The number of benzene rings is 1. The molecule has 0 atom stereocenters. The summed E-state index contributed by atoms with van der Waals surface area (Å²) < 4.78 is 5.69. The number of hydrogen-bond acceptors (Lipinski definition) is 5. The molecule has 0 radical (unpaired) electrons. The van der Waals surface area contributed by atoms with Crippen molar-refractivity contribution in [2.45, 2.75) is 26.7 Å². The summed E-state index contributed by atoms with van der Waals surface area (Å²) in [7, 11) is 0. The number of aromatic nitrogens is 2. The SMILES string of the molecule is Cc1ccc(OCCCC(=O)N2CCN(c3cc(C)ncn3)CC2)cc1. The number of ether oxygens (including phenoxy) is 1. The van der Waals surface area contributed by atoms with E-state index in [1.807, 2.05) is 49.1 Å². The minimum Gasteiger partial charge on any atom is -0.494 e. The van der Waals surface area contributed by atoms with Gasteiger partial charge in [-0.25, -0.2) is 9.97 Å². The highest BCUT2D eigenvalue weighted by molar-refractivity contribution is 5.76. The van der Waals surface area contributed by atoms with E-state index < -0.39 is 0 Å². The van der Waals surface area contributed by atoms with Crippen LogP contribution in [-0.2, 0) is 4.79 Å². The molecule has 1 aliphatic heterocycles. The van der Waals surface area contributed by atoms with Crippen molar-refractivity contribution >= 4 is 11.7 Å². The predicted molar refractivity (Wildman–Crippen MR) is 101 cm³/mol. The van der Waals surface area contributed by atoms with Crippen molar-refractivity contribution in [3.8, 4) is 5.75 Å². The predicted octanol–water partition coefficient (Wildman–Crippen LogP) is 2.60. The summed E-state index contributed by atoms with van der Waals surface area (Å²) in [6.45, 7) is 7.66. The van der Waals surface area contributed by atoms with Crippen molar-refractivity contribution in [3.63, 3.8) is 0 Å². The third-order valence-electron chi connectivity index (χ3n) is 4.57. The van der Waals surface area contributed by atoms with Crippen LogP contribution in [-0.4, -0.2) is 53.6 Å². The van der Waals surface area contributed by atoms with E-state index in [0.29, 0.717) is 13.0 Å². The molecule has 2 heterocycles. The Morgan fingerprint density at radius 1 is 1.08 bits per heavy atom. The first-order valence-corrected chi connectivity index (χ1v) is 9.12. The molecule has 1 aromatic carbocycles. The number of amides is 1. The summed E-state index contributed by atoms with van der Waals surface area (Å²) >= 11 is 0. The topological polar surface area (TPSA) is 58.6 Å². The number of nitrogens with zero attached hydrogens (tertiary/aromatic N) is 4. The van der Waals surface area contributed by atoms with E-state index in [1.165, 1.54) is 5.56 Å². The summed E-state index contributed by atoms with van der Waals surface area (Å²) in [6.07, 6.45) is 2.85. The Balaban J connectivity index is 1.37. The summed E-state index contributed by atoms with van der Waals surface area (Å²) in [5.41, 5.74) is 2.17. The van der Waals surface area contributed by atoms with E-state index in [1.54, 1.807) is 6.33 Å². The van der Waals surface area contributed by atoms with E-state index in [2.05, 4.69) is 14.9 Å². The van der Waals surface area contributed by atoms with Crippen molar-refractivity contribution in [1.82, 2.24) is 14.9 Å². The van der Waals surface area contributed by atoms with Gasteiger partial charge in [0.1, 0.15) is 17.9 Å². The Morgan fingerprint density at radius 3 is 2.50 bits per heavy atom. The lowest BCUT2D eigenvalue weighted by Crippen LogP contribution is -2.49. The molecule has 6 nitrogen and oxygen atoms in total. The Kier molecular flexibility index (Phi) is 6.04. The maximum absolute atomic E-state index is 12.4. The van der Waals surface area contributed by atoms with Crippen molar-refractivity contribution in [1.29, 1.82) is 0 Å². The second kappa shape index (κ2) is 8.65. The quantitative estimate of drug-likeness (QED) is 0.747. The molecule has 1 aromatic heterocycles. The molecule has 1 fully saturated rings. The van der Waals surface area contributed by atoms with Gasteiger partial charge in [0.15, 0.2) is 0 Å². The second-order valence-corrected chi connectivity index (χ2v) is 6.65. The molecular formula is C20H26N4O2. The van der Waals surface area contributed by atoms with Crippen LogP contribution < -0.4 is 9.64 Å². The normalized spacial score (nSPS) is 14.4. The van der Waals surface area contributed by atoms with Crippen LogP contribution in [0, 0.1) is 13.8 Å². The fraction of sp³-hybridized carbons (Fsp3) is 0.450. The zero-order chi connectivity index (χ0) is 18.4. The number of anilines is 1. The average Bonchev–Trinajstić information content (AvgIpc) is 2.66. The summed E-state index contributed by atoms with van der Waals surface area (Å²) in [5, 5.41) is 0.